The van der Waals surface area contributed by atoms with Gasteiger partial charge in [-0.3, -0.25) is 4.98 Å². The standard InChI is InChI=1S/C21H25N5O2S/c1-14-13-28-11-10-26(14)20-12-19(25-29(2,27)15-6-7-15)23-21(24-20)17-8-9-22-18-5-3-4-16(17)18/h3-4,8-9,12,14-15H,5-7,10-11,13H2,1-2H3/t14-,29+/m1/s1. The van der Waals surface area contributed by atoms with Gasteiger partial charge in [0.1, 0.15) is 5.82 Å². The Bertz CT molecular complexity index is 1100. The van der Waals surface area contributed by atoms with E-state index in [4.69, 9.17) is 14.7 Å². The highest BCUT2D eigenvalue weighted by atomic mass is 32.2. The van der Waals surface area contributed by atoms with Crippen molar-refractivity contribution in [2.75, 3.05) is 30.9 Å². The number of nitrogens with zero attached hydrogens (tertiary/aromatic N) is 5. The van der Waals surface area contributed by atoms with Crippen molar-refractivity contribution in [3.05, 3.63) is 35.7 Å². The van der Waals surface area contributed by atoms with Crippen molar-refractivity contribution in [3.63, 3.8) is 0 Å². The van der Waals surface area contributed by atoms with Gasteiger partial charge in [-0.15, -0.1) is 0 Å². The molecule has 5 rings (SSSR count). The number of ether oxygens (including phenoxy) is 1. The van der Waals surface area contributed by atoms with Crippen LogP contribution < -0.4 is 4.90 Å². The maximum Gasteiger partial charge on any atom is 0.167 e. The fourth-order valence-corrected chi connectivity index (χ4v) is 5.54. The first kappa shape index (κ1) is 18.7. The molecular formula is C21H25N5O2S. The summed E-state index contributed by atoms with van der Waals surface area (Å²) >= 11 is 0. The number of fused-ring (bicyclic) bond motifs is 1. The van der Waals surface area contributed by atoms with Crippen LogP contribution in [-0.2, 0) is 20.9 Å². The van der Waals surface area contributed by atoms with Crippen molar-refractivity contribution in [3.8, 4) is 11.4 Å². The summed E-state index contributed by atoms with van der Waals surface area (Å²) in [5, 5.41) is 0.180. The first-order valence-corrected chi connectivity index (χ1v) is 12.1. The molecule has 7 nitrogen and oxygen atoms in total. The molecule has 0 aromatic carbocycles. The highest BCUT2D eigenvalue weighted by Crippen LogP contribution is 2.34. The average Bonchev–Trinajstić information content (AvgIpc) is 3.46. The van der Waals surface area contributed by atoms with Gasteiger partial charge in [-0.1, -0.05) is 12.2 Å². The van der Waals surface area contributed by atoms with Gasteiger partial charge in [-0.2, -0.15) is 4.36 Å². The van der Waals surface area contributed by atoms with E-state index in [0.29, 0.717) is 24.9 Å². The Labute approximate surface area is 171 Å². The molecule has 0 bridgehead atoms. The minimum absolute atomic E-state index is 0.180. The molecule has 3 heterocycles. The number of allylic oxidation sites excluding steroid dienone is 1. The highest BCUT2D eigenvalue weighted by Gasteiger charge is 2.31. The lowest BCUT2D eigenvalue weighted by molar-refractivity contribution is 0.0985. The Balaban J connectivity index is 1.65. The predicted octanol–water partition coefficient (Wildman–Crippen LogP) is 3.22. The molecule has 152 valence electrons. The van der Waals surface area contributed by atoms with E-state index in [-0.39, 0.29) is 11.3 Å². The first-order valence-electron chi connectivity index (χ1n) is 10.1. The lowest BCUT2D eigenvalue weighted by Crippen LogP contribution is -2.44. The molecule has 2 aliphatic carbocycles. The number of rotatable bonds is 4. The van der Waals surface area contributed by atoms with Crippen LogP contribution in [0.2, 0.25) is 0 Å². The van der Waals surface area contributed by atoms with Crippen LogP contribution in [0.4, 0.5) is 11.6 Å². The van der Waals surface area contributed by atoms with E-state index in [1.165, 1.54) is 0 Å². The maximum atomic E-state index is 13.0. The fraction of sp³-hybridized carbons (Fsp3) is 0.476. The first-order chi connectivity index (χ1) is 14.0. The average molecular weight is 412 g/mol. The number of morpholine rings is 1. The van der Waals surface area contributed by atoms with Gasteiger partial charge in [-0.25, -0.2) is 14.2 Å². The zero-order valence-corrected chi connectivity index (χ0v) is 17.6. The van der Waals surface area contributed by atoms with Crippen molar-refractivity contribution in [2.45, 2.75) is 37.5 Å². The second kappa shape index (κ2) is 7.18. The fourth-order valence-electron chi connectivity index (χ4n) is 3.92. The SMILES string of the molecule is C[C@@H]1COCCN1c1cc(N=[S@@](C)(=O)C2CC2)nc(-c2ccnc3c2C=CC3)n1. The summed E-state index contributed by atoms with van der Waals surface area (Å²) in [6.07, 6.45) is 10.5. The minimum atomic E-state index is -2.30. The molecule has 2 atom stereocenters. The third kappa shape index (κ3) is 3.67. The van der Waals surface area contributed by atoms with Crippen molar-refractivity contribution < 1.29 is 8.95 Å². The normalized spacial score (nSPS) is 23.0. The maximum absolute atomic E-state index is 13.0. The quantitative estimate of drug-likeness (QED) is 0.768. The Kier molecular flexibility index (Phi) is 4.63. The molecule has 0 unspecified atom stereocenters. The summed E-state index contributed by atoms with van der Waals surface area (Å²) in [5.41, 5.74) is 3.04. The van der Waals surface area contributed by atoms with Gasteiger partial charge in [0.2, 0.25) is 0 Å². The number of hydrogen-bond donors (Lipinski definition) is 0. The lowest BCUT2D eigenvalue weighted by Gasteiger charge is -2.34. The summed E-state index contributed by atoms with van der Waals surface area (Å²) in [5.74, 6) is 1.91. The topological polar surface area (TPSA) is 80.6 Å². The van der Waals surface area contributed by atoms with Gasteiger partial charge < -0.3 is 9.64 Å². The third-order valence-corrected chi connectivity index (χ3v) is 7.95. The van der Waals surface area contributed by atoms with E-state index in [9.17, 15) is 4.21 Å². The van der Waals surface area contributed by atoms with Crippen molar-refractivity contribution in [1.29, 1.82) is 0 Å². The molecule has 1 saturated carbocycles. The summed E-state index contributed by atoms with van der Waals surface area (Å²) in [6, 6.07) is 4.02. The van der Waals surface area contributed by atoms with Crippen LogP contribution in [0.15, 0.2) is 28.8 Å². The smallest absolute Gasteiger partial charge is 0.167 e. The highest BCUT2D eigenvalue weighted by molar-refractivity contribution is 7.93. The molecule has 0 spiro atoms. The van der Waals surface area contributed by atoms with E-state index < -0.39 is 9.73 Å². The second-order valence-corrected chi connectivity index (χ2v) is 10.6. The zero-order chi connectivity index (χ0) is 20.0. The number of hydrogen-bond acceptors (Lipinski definition) is 7. The van der Waals surface area contributed by atoms with E-state index in [0.717, 1.165) is 48.4 Å². The van der Waals surface area contributed by atoms with Crippen molar-refractivity contribution in [2.24, 2.45) is 4.36 Å². The molecule has 29 heavy (non-hydrogen) atoms. The largest absolute Gasteiger partial charge is 0.377 e. The Morgan fingerprint density at radius 1 is 1.31 bits per heavy atom. The monoisotopic (exact) mass is 411 g/mol. The number of anilines is 1. The molecule has 1 saturated heterocycles. The molecule has 0 radical (unpaired) electrons. The Hall–Kier alpha value is -2.32. The molecule has 0 N–H and O–H groups in total. The van der Waals surface area contributed by atoms with E-state index >= 15 is 0 Å². The lowest BCUT2D eigenvalue weighted by atomic mass is 10.1. The summed E-state index contributed by atoms with van der Waals surface area (Å²) in [6.45, 7) is 4.20. The zero-order valence-electron chi connectivity index (χ0n) is 16.7. The number of pyridine rings is 1. The van der Waals surface area contributed by atoms with Gasteiger partial charge in [-0.05, 0) is 25.8 Å². The second-order valence-electron chi connectivity index (χ2n) is 8.00. The molecule has 2 aromatic heterocycles. The van der Waals surface area contributed by atoms with Crippen molar-refractivity contribution in [1.82, 2.24) is 15.0 Å². The van der Waals surface area contributed by atoms with Gasteiger partial charge in [0.25, 0.3) is 0 Å². The molecule has 3 aliphatic rings. The van der Waals surface area contributed by atoms with Gasteiger partial charge in [0.15, 0.2) is 11.6 Å². The van der Waals surface area contributed by atoms with Gasteiger partial charge >= 0.3 is 0 Å². The van der Waals surface area contributed by atoms with E-state index in [1.54, 1.807) is 12.5 Å². The van der Waals surface area contributed by atoms with Crippen LogP contribution in [0.3, 0.4) is 0 Å². The molecule has 8 heteroatoms. The summed E-state index contributed by atoms with van der Waals surface area (Å²) in [7, 11) is -2.30. The Morgan fingerprint density at radius 2 is 2.17 bits per heavy atom. The van der Waals surface area contributed by atoms with Crippen LogP contribution in [0, 0.1) is 0 Å². The van der Waals surface area contributed by atoms with Crippen LogP contribution in [0.5, 0.6) is 0 Å². The molecular weight excluding hydrogens is 386 g/mol. The predicted molar refractivity (Wildman–Crippen MR) is 115 cm³/mol. The van der Waals surface area contributed by atoms with Crippen LogP contribution >= 0.6 is 0 Å². The van der Waals surface area contributed by atoms with Crippen LogP contribution in [0.25, 0.3) is 17.5 Å². The Morgan fingerprint density at radius 3 is 2.97 bits per heavy atom. The minimum Gasteiger partial charge on any atom is -0.377 e. The molecule has 0 amide bonds. The summed E-state index contributed by atoms with van der Waals surface area (Å²) in [4.78, 5) is 16.3. The molecule has 1 aliphatic heterocycles. The molecule has 2 aromatic rings. The van der Waals surface area contributed by atoms with Gasteiger partial charge in [0.05, 0.1) is 34.7 Å². The van der Waals surface area contributed by atoms with Crippen LogP contribution in [-0.4, -0.2) is 56.5 Å². The van der Waals surface area contributed by atoms with E-state index in [2.05, 4.69) is 33.3 Å². The van der Waals surface area contributed by atoms with E-state index in [1.807, 2.05) is 12.1 Å². The van der Waals surface area contributed by atoms with Crippen molar-refractivity contribution >= 4 is 27.4 Å². The number of aromatic nitrogens is 3. The molecule has 2 fully saturated rings. The van der Waals surface area contributed by atoms with Gasteiger partial charge in [0, 0.05) is 47.9 Å². The summed E-state index contributed by atoms with van der Waals surface area (Å²) < 4.78 is 23.2. The van der Waals surface area contributed by atoms with Crippen LogP contribution in [0.1, 0.15) is 31.0 Å². The third-order valence-electron chi connectivity index (χ3n) is 5.69.